The van der Waals surface area contributed by atoms with Gasteiger partial charge in [0, 0.05) is 19.2 Å². The zero-order chi connectivity index (χ0) is 12.2. The first-order valence-corrected chi connectivity index (χ1v) is 6.24. The number of nitrogens with two attached hydrogens (primary N) is 1. The lowest BCUT2D eigenvalue weighted by molar-refractivity contribution is 0.574. The van der Waals surface area contributed by atoms with Gasteiger partial charge in [-0.1, -0.05) is 0 Å². The fourth-order valence-corrected chi connectivity index (χ4v) is 1.59. The van der Waals surface area contributed by atoms with E-state index in [-0.39, 0.29) is 18.8 Å². The van der Waals surface area contributed by atoms with E-state index in [1.807, 2.05) is 0 Å². The second-order valence-electron chi connectivity index (χ2n) is 3.32. The highest BCUT2D eigenvalue weighted by Crippen LogP contribution is 2.07. The normalized spacial score (nSPS) is 11.7. The molecule has 0 aliphatic heterocycles. The maximum atomic E-state index is 12.7. The lowest BCUT2D eigenvalue weighted by Crippen LogP contribution is -2.26. The van der Waals surface area contributed by atoms with Crippen molar-refractivity contribution in [3.8, 4) is 0 Å². The van der Waals surface area contributed by atoms with Gasteiger partial charge in [-0.05, 0) is 17.7 Å². The van der Waals surface area contributed by atoms with Crippen LogP contribution in [0.3, 0.4) is 0 Å². The largest absolute Gasteiger partial charge is 0.312 e. The molecule has 0 aliphatic rings. The minimum Gasteiger partial charge on any atom is -0.312 e. The summed E-state index contributed by atoms with van der Waals surface area (Å²) in [5.41, 5.74) is 0.409. The van der Waals surface area contributed by atoms with Crippen LogP contribution in [0.1, 0.15) is 5.56 Å². The molecule has 1 aromatic carbocycles. The summed E-state index contributed by atoms with van der Waals surface area (Å²) in [6.07, 6.45) is 0. The Labute approximate surface area is 92.5 Å². The molecule has 0 fully saturated rings. The smallest absolute Gasteiger partial charge is 0.210 e. The van der Waals surface area contributed by atoms with Crippen molar-refractivity contribution in [2.45, 2.75) is 6.54 Å². The van der Waals surface area contributed by atoms with E-state index in [1.54, 1.807) is 0 Å². The van der Waals surface area contributed by atoms with Crippen LogP contribution in [-0.2, 0) is 16.6 Å². The van der Waals surface area contributed by atoms with Gasteiger partial charge in [0.05, 0.1) is 5.75 Å². The van der Waals surface area contributed by atoms with Gasteiger partial charge in [-0.15, -0.1) is 0 Å². The van der Waals surface area contributed by atoms with E-state index < -0.39 is 21.7 Å². The van der Waals surface area contributed by atoms with Crippen LogP contribution < -0.4 is 10.5 Å². The molecule has 0 saturated heterocycles. The molecule has 0 aliphatic carbocycles. The molecule has 7 heteroatoms. The predicted octanol–water partition coefficient (Wildman–Crippen LogP) is 0.343. The van der Waals surface area contributed by atoms with Crippen molar-refractivity contribution in [1.82, 2.24) is 5.32 Å². The van der Waals surface area contributed by atoms with Gasteiger partial charge in [-0.2, -0.15) is 0 Å². The Morgan fingerprint density at radius 1 is 1.19 bits per heavy atom. The van der Waals surface area contributed by atoms with Crippen LogP contribution >= 0.6 is 0 Å². The molecule has 0 heterocycles. The first kappa shape index (κ1) is 13.0. The van der Waals surface area contributed by atoms with Crippen molar-refractivity contribution in [3.63, 3.8) is 0 Å². The second-order valence-corrected chi connectivity index (χ2v) is 5.06. The van der Waals surface area contributed by atoms with Crippen LogP contribution in [-0.4, -0.2) is 20.7 Å². The van der Waals surface area contributed by atoms with Crippen molar-refractivity contribution in [3.05, 3.63) is 35.4 Å². The van der Waals surface area contributed by atoms with E-state index in [0.29, 0.717) is 5.56 Å². The molecule has 4 nitrogen and oxygen atoms in total. The molecule has 0 bridgehead atoms. The standard InChI is InChI=1S/C9H12F2N2O2S/c10-8-3-7(4-9(11)5-8)6-13-1-2-16(12,14)15/h3-5,13H,1-2,6H2,(H2,12,14,15). The Balaban J connectivity index is 2.43. The van der Waals surface area contributed by atoms with Crippen LogP contribution in [0.5, 0.6) is 0 Å². The molecule has 90 valence electrons. The Morgan fingerprint density at radius 3 is 2.25 bits per heavy atom. The van der Waals surface area contributed by atoms with Gasteiger partial charge in [0.25, 0.3) is 0 Å². The van der Waals surface area contributed by atoms with Gasteiger partial charge >= 0.3 is 0 Å². The third-order valence-electron chi connectivity index (χ3n) is 1.81. The Morgan fingerprint density at radius 2 is 1.75 bits per heavy atom. The van der Waals surface area contributed by atoms with E-state index in [1.165, 1.54) is 12.1 Å². The first-order chi connectivity index (χ1) is 7.37. The molecular weight excluding hydrogens is 238 g/mol. The van der Waals surface area contributed by atoms with Crippen molar-refractivity contribution < 1.29 is 17.2 Å². The lowest BCUT2D eigenvalue weighted by Gasteiger charge is -2.04. The van der Waals surface area contributed by atoms with Gasteiger partial charge in [-0.25, -0.2) is 22.3 Å². The van der Waals surface area contributed by atoms with E-state index in [9.17, 15) is 17.2 Å². The van der Waals surface area contributed by atoms with Gasteiger partial charge in [0.15, 0.2) is 0 Å². The van der Waals surface area contributed by atoms with E-state index in [0.717, 1.165) is 6.07 Å². The highest BCUT2D eigenvalue weighted by molar-refractivity contribution is 7.89. The predicted molar refractivity (Wildman–Crippen MR) is 56.0 cm³/mol. The van der Waals surface area contributed by atoms with Crippen molar-refractivity contribution in [2.24, 2.45) is 5.14 Å². The maximum absolute atomic E-state index is 12.7. The third kappa shape index (κ3) is 5.15. The number of halogens is 2. The summed E-state index contributed by atoms with van der Waals surface area (Å²) >= 11 is 0. The van der Waals surface area contributed by atoms with E-state index in [2.05, 4.69) is 5.32 Å². The monoisotopic (exact) mass is 250 g/mol. The van der Waals surface area contributed by atoms with Crippen LogP contribution in [0.2, 0.25) is 0 Å². The van der Waals surface area contributed by atoms with Crippen molar-refractivity contribution >= 4 is 10.0 Å². The number of hydrogen-bond acceptors (Lipinski definition) is 3. The highest BCUT2D eigenvalue weighted by atomic mass is 32.2. The minimum absolute atomic E-state index is 0.136. The first-order valence-electron chi connectivity index (χ1n) is 4.53. The number of hydrogen-bond donors (Lipinski definition) is 2. The number of rotatable bonds is 5. The molecule has 16 heavy (non-hydrogen) atoms. The number of benzene rings is 1. The summed E-state index contributed by atoms with van der Waals surface area (Å²) in [5, 5.41) is 7.50. The summed E-state index contributed by atoms with van der Waals surface area (Å²) in [6.45, 7) is 0.321. The topological polar surface area (TPSA) is 72.2 Å². The summed E-state index contributed by atoms with van der Waals surface area (Å²) in [6, 6.07) is 3.12. The van der Waals surface area contributed by atoms with Crippen LogP contribution in [0.4, 0.5) is 8.78 Å². The average Bonchev–Trinajstić information content (AvgIpc) is 2.09. The van der Waals surface area contributed by atoms with Gasteiger partial charge in [-0.3, -0.25) is 0 Å². The van der Waals surface area contributed by atoms with Gasteiger partial charge < -0.3 is 5.32 Å². The zero-order valence-electron chi connectivity index (χ0n) is 8.41. The maximum Gasteiger partial charge on any atom is 0.210 e. The molecule has 0 spiro atoms. The highest BCUT2D eigenvalue weighted by Gasteiger charge is 2.03. The van der Waals surface area contributed by atoms with Crippen LogP contribution in [0, 0.1) is 11.6 Å². The summed E-state index contributed by atoms with van der Waals surface area (Å²) < 4.78 is 46.6. The zero-order valence-corrected chi connectivity index (χ0v) is 9.23. The number of sulfonamides is 1. The fraction of sp³-hybridized carbons (Fsp3) is 0.333. The molecule has 0 aromatic heterocycles. The van der Waals surface area contributed by atoms with Crippen LogP contribution in [0.15, 0.2) is 18.2 Å². The minimum atomic E-state index is -3.51. The number of primary sulfonamides is 1. The second kappa shape index (κ2) is 5.33. The Kier molecular flexibility index (Phi) is 4.34. The molecule has 0 radical (unpaired) electrons. The molecule has 3 N–H and O–H groups in total. The van der Waals surface area contributed by atoms with E-state index in [4.69, 9.17) is 5.14 Å². The summed E-state index contributed by atoms with van der Waals surface area (Å²) in [4.78, 5) is 0. The quantitative estimate of drug-likeness (QED) is 0.740. The molecule has 1 aromatic rings. The Hall–Kier alpha value is -1.05. The Bertz CT molecular complexity index is 442. The molecule has 0 unspecified atom stereocenters. The van der Waals surface area contributed by atoms with E-state index >= 15 is 0 Å². The molecule has 0 atom stereocenters. The summed E-state index contributed by atoms with van der Waals surface area (Å²) in [7, 11) is -3.51. The SMILES string of the molecule is NS(=O)(=O)CCNCc1cc(F)cc(F)c1. The molecule has 0 saturated carbocycles. The fourth-order valence-electron chi connectivity index (χ4n) is 1.16. The van der Waals surface area contributed by atoms with Gasteiger partial charge in [0.2, 0.25) is 10.0 Å². The molecule has 1 rings (SSSR count). The number of nitrogens with one attached hydrogen (secondary N) is 1. The molecule has 0 amide bonds. The van der Waals surface area contributed by atoms with Gasteiger partial charge in [0.1, 0.15) is 11.6 Å². The lowest BCUT2D eigenvalue weighted by atomic mass is 10.2. The van der Waals surface area contributed by atoms with Crippen molar-refractivity contribution in [1.29, 1.82) is 0 Å². The van der Waals surface area contributed by atoms with Crippen molar-refractivity contribution in [2.75, 3.05) is 12.3 Å². The third-order valence-corrected chi connectivity index (χ3v) is 2.59. The summed E-state index contributed by atoms with van der Waals surface area (Å²) in [5.74, 6) is -1.54. The molecular formula is C9H12F2N2O2S. The van der Waals surface area contributed by atoms with Crippen LogP contribution in [0.25, 0.3) is 0 Å². The average molecular weight is 250 g/mol.